The molecule has 0 spiro atoms. The van der Waals surface area contributed by atoms with Crippen molar-refractivity contribution in [2.75, 3.05) is 37.0 Å². The van der Waals surface area contributed by atoms with Crippen molar-refractivity contribution in [3.63, 3.8) is 0 Å². The second-order valence-electron chi connectivity index (χ2n) is 9.57. The van der Waals surface area contributed by atoms with Gasteiger partial charge in [-0.15, -0.1) is 11.6 Å². The van der Waals surface area contributed by atoms with Crippen LogP contribution in [-0.4, -0.2) is 58.0 Å². The van der Waals surface area contributed by atoms with Crippen molar-refractivity contribution in [2.24, 2.45) is 5.92 Å². The number of anilines is 1. The number of amides is 1. The number of rotatable bonds is 7. The average molecular weight is 520 g/mol. The van der Waals surface area contributed by atoms with Gasteiger partial charge in [0.15, 0.2) is 0 Å². The van der Waals surface area contributed by atoms with Crippen molar-refractivity contribution in [1.29, 1.82) is 0 Å². The van der Waals surface area contributed by atoms with E-state index in [2.05, 4.69) is 23.9 Å². The van der Waals surface area contributed by atoms with Crippen LogP contribution in [0.5, 0.6) is 11.5 Å². The van der Waals surface area contributed by atoms with Crippen LogP contribution >= 0.6 is 11.6 Å². The Bertz CT molecular complexity index is 1380. The molecule has 0 aliphatic carbocycles. The number of carbonyl (C=O) groups excluding carboxylic acids is 1. The molecule has 4 aromatic rings. The highest BCUT2D eigenvalue weighted by atomic mass is 35.5. The van der Waals surface area contributed by atoms with Crippen molar-refractivity contribution >= 4 is 34.4 Å². The molecule has 9 heteroatoms. The highest BCUT2D eigenvalue weighted by Gasteiger charge is 2.26. The molecule has 1 aliphatic rings. The molecular weight excluding hydrogens is 490 g/mol. The number of nitrogens with zero attached hydrogens (tertiary/aromatic N) is 5. The van der Waals surface area contributed by atoms with Gasteiger partial charge in [0.25, 0.3) is 5.71 Å². The van der Waals surface area contributed by atoms with Crippen molar-refractivity contribution in [2.45, 2.75) is 26.7 Å². The maximum Gasteiger partial charge on any atom is 0.263 e. The summed E-state index contributed by atoms with van der Waals surface area (Å²) in [6.45, 7) is 6.92. The molecule has 0 atom stereocenters. The zero-order valence-corrected chi connectivity index (χ0v) is 21.8. The van der Waals surface area contributed by atoms with E-state index in [1.54, 1.807) is 0 Å². The summed E-state index contributed by atoms with van der Waals surface area (Å²) >= 11 is 5.82. The van der Waals surface area contributed by atoms with E-state index in [4.69, 9.17) is 30.8 Å². The van der Waals surface area contributed by atoms with Crippen LogP contribution in [-0.2, 0) is 11.2 Å². The normalized spacial score (nSPS) is 14.3. The van der Waals surface area contributed by atoms with E-state index in [1.165, 1.54) is 0 Å². The summed E-state index contributed by atoms with van der Waals surface area (Å²) in [6, 6.07) is 17.4. The number of para-hydroxylation sites is 1. The Morgan fingerprint density at radius 1 is 1.03 bits per heavy atom. The Labute approximate surface area is 221 Å². The number of benzene rings is 2. The zero-order chi connectivity index (χ0) is 25.8. The van der Waals surface area contributed by atoms with Gasteiger partial charge >= 0.3 is 0 Å². The van der Waals surface area contributed by atoms with Gasteiger partial charge in [-0.2, -0.15) is 4.98 Å². The van der Waals surface area contributed by atoms with Crippen LogP contribution in [0.15, 0.2) is 59.1 Å². The maximum absolute atomic E-state index is 12.2. The summed E-state index contributed by atoms with van der Waals surface area (Å²) in [7, 11) is 0. The minimum Gasteiger partial charge on any atom is -0.457 e. The molecule has 1 fully saturated rings. The Balaban J connectivity index is 1.54. The Morgan fingerprint density at radius 2 is 1.84 bits per heavy atom. The summed E-state index contributed by atoms with van der Waals surface area (Å²) in [5.41, 5.74) is 1.97. The number of hydrogen-bond acceptors (Lipinski definition) is 7. The van der Waals surface area contributed by atoms with E-state index in [-0.39, 0.29) is 11.8 Å². The minimum absolute atomic E-state index is 0.00647. The minimum atomic E-state index is -0.0438. The summed E-state index contributed by atoms with van der Waals surface area (Å²) in [6.07, 6.45) is 1.54. The number of fused-ring (bicyclic) bond motifs is 1. The number of alkyl halides is 1. The second-order valence-corrected chi connectivity index (χ2v) is 9.84. The first kappa shape index (κ1) is 25.0. The number of aromatic nitrogens is 3. The van der Waals surface area contributed by atoms with Crippen molar-refractivity contribution in [3.8, 4) is 22.8 Å². The second kappa shape index (κ2) is 11.2. The third-order valence-corrected chi connectivity index (χ3v) is 6.53. The molecule has 0 N–H and O–H groups in total. The lowest BCUT2D eigenvalue weighted by Gasteiger charge is -2.23. The lowest BCUT2D eigenvalue weighted by molar-refractivity contribution is -0.128. The topological polar surface area (TPSA) is 84.6 Å². The molecular formula is C28H30ClN5O3. The van der Waals surface area contributed by atoms with E-state index in [0.29, 0.717) is 42.7 Å². The number of ether oxygens (including phenoxy) is 1. The third kappa shape index (κ3) is 5.69. The average Bonchev–Trinajstić information content (AvgIpc) is 3.17. The fraction of sp³-hybridized carbons (Fsp3) is 0.357. The molecule has 0 unspecified atom stereocenters. The first-order chi connectivity index (χ1) is 18.0. The van der Waals surface area contributed by atoms with Gasteiger partial charge in [0.2, 0.25) is 5.91 Å². The maximum atomic E-state index is 12.2. The fourth-order valence-corrected chi connectivity index (χ4v) is 4.73. The Kier molecular flexibility index (Phi) is 7.55. The summed E-state index contributed by atoms with van der Waals surface area (Å²) < 4.78 is 11.8. The monoisotopic (exact) mass is 519 g/mol. The van der Waals surface area contributed by atoms with Crippen LogP contribution in [0.3, 0.4) is 0 Å². The number of hydrogen-bond donors (Lipinski definition) is 0. The molecule has 1 saturated heterocycles. The predicted molar refractivity (Wildman–Crippen MR) is 144 cm³/mol. The van der Waals surface area contributed by atoms with Crippen LogP contribution in [0.1, 0.15) is 26.1 Å². The van der Waals surface area contributed by atoms with E-state index in [9.17, 15) is 4.79 Å². The molecule has 192 valence electrons. The number of carbonyl (C=O) groups is 1. The van der Waals surface area contributed by atoms with Crippen LogP contribution < -0.4 is 9.64 Å². The summed E-state index contributed by atoms with van der Waals surface area (Å²) in [4.78, 5) is 26.0. The lowest BCUT2D eigenvalue weighted by atomic mass is 10.1. The first-order valence-corrected chi connectivity index (χ1v) is 13.1. The molecule has 1 amide bonds. The van der Waals surface area contributed by atoms with Crippen LogP contribution in [0.4, 0.5) is 5.82 Å². The van der Waals surface area contributed by atoms with Gasteiger partial charge in [0, 0.05) is 38.2 Å². The molecule has 3 heterocycles. The fourth-order valence-electron chi connectivity index (χ4n) is 4.56. The zero-order valence-electron chi connectivity index (χ0n) is 21.1. The van der Waals surface area contributed by atoms with Gasteiger partial charge in [0.05, 0.1) is 0 Å². The standard InChI is InChI=1S/C28H30ClN5O3/c1-19(2)16-23-30-27(34-13-7-12-33(14-15-34)24(35)18-29)25-26(32-37-28(25)31-23)20-8-6-11-22(17-20)36-21-9-4-3-5-10-21/h3-6,8-11,17,19H,7,12-16,18H2,1-2H3. The van der Waals surface area contributed by atoms with Gasteiger partial charge in [-0.25, -0.2) is 4.98 Å². The quantitative estimate of drug-likeness (QED) is 0.296. The molecule has 0 radical (unpaired) electrons. The summed E-state index contributed by atoms with van der Waals surface area (Å²) in [5.74, 6) is 3.30. The van der Waals surface area contributed by atoms with Gasteiger partial charge in [-0.1, -0.05) is 49.3 Å². The lowest BCUT2D eigenvalue weighted by Crippen LogP contribution is -2.36. The van der Waals surface area contributed by atoms with Crippen LogP contribution in [0, 0.1) is 5.92 Å². The Hall–Kier alpha value is -3.65. The molecule has 0 saturated carbocycles. The third-order valence-electron chi connectivity index (χ3n) is 6.30. The predicted octanol–water partition coefficient (Wildman–Crippen LogP) is 5.55. The van der Waals surface area contributed by atoms with Crippen molar-refractivity contribution in [3.05, 3.63) is 60.4 Å². The number of halogens is 1. The molecule has 5 rings (SSSR count). The van der Waals surface area contributed by atoms with Crippen molar-refractivity contribution < 1.29 is 14.1 Å². The first-order valence-electron chi connectivity index (χ1n) is 12.6. The summed E-state index contributed by atoms with van der Waals surface area (Å²) in [5, 5.41) is 5.19. The SMILES string of the molecule is CC(C)Cc1nc(N2CCCN(C(=O)CCl)CC2)c2c(-c3cccc(Oc4ccccc4)c3)noc2n1. The van der Waals surface area contributed by atoms with Gasteiger partial charge in [-0.3, -0.25) is 4.79 Å². The molecule has 2 aromatic carbocycles. The molecule has 0 bridgehead atoms. The largest absolute Gasteiger partial charge is 0.457 e. The molecule has 1 aliphatic heterocycles. The van der Waals surface area contributed by atoms with Crippen LogP contribution in [0.25, 0.3) is 22.4 Å². The van der Waals surface area contributed by atoms with E-state index in [0.717, 1.165) is 47.7 Å². The van der Waals surface area contributed by atoms with E-state index < -0.39 is 0 Å². The van der Waals surface area contributed by atoms with Crippen molar-refractivity contribution in [1.82, 2.24) is 20.0 Å². The molecule has 2 aromatic heterocycles. The van der Waals surface area contributed by atoms with E-state index in [1.807, 2.05) is 59.5 Å². The van der Waals surface area contributed by atoms with Gasteiger partial charge in [0.1, 0.15) is 40.1 Å². The van der Waals surface area contributed by atoms with Gasteiger partial charge in [-0.05, 0) is 36.6 Å². The van der Waals surface area contributed by atoms with Gasteiger partial charge < -0.3 is 19.1 Å². The van der Waals surface area contributed by atoms with Crippen LogP contribution in [0.2, 0.25) is 0 Å². The molecule has 8 nitrogen and oxygen atoms in total. The van der Waals surface area contributed by atoms with E-state index >= 15 is 0 Å². The smallest absolute Gasteiger partial charge is 0.263 e. The molecule has 37 heavy (non-hydrogen) atoms. The highest BCUT2D eigenvalue weighted by molar-refractivity contribution is 6.27. The Morgan fingerprint density at radius 3 is 2.62 bits per heavy atom. The highest BCUT2D eigenvalue weighted by Crippen LogP contribution is 2.36.